The van der Waals surface area contributed by atoms with Gasteiger partial charge in [-0.25, -0.2) is 9.78 Å². The predicted octanol–water partition coefficient (Wildman–Crippen LogP) is 3.78. The number of aromatic nitrogens is 3. The van der Waals surface area contributed by atoms with Gasteiger partial charge in [0.1, 0.15) is 10.8 Å². The van der Waals surface area contributed by atoms with Crippen molar-refractivity contribution in [1.29, 1.82) is 0 Å². The monoisotopic (exact) mass is 371 g/mol. The van der Waals surface area contributed by atoms with Gasteiger partial charge >= 0.3 is 5.97 Å². The Labute approximate surface area is 154 Å². The highest BCUT2D eigenvalue weighted by atomic mass is 32.2. The summed E-state index contributed by atoms with van der Waals surface area (Å²) in [7, 11) is 1.60. The lowest BCUT2D eigenvalue weighted by Gasteiger charge is -2.10. The predicted molar refractivity (Wildman–Crippen MR) is 96.1 cm³/mol. The van der Waals surface area contributed by atoms with Crippen molar-refractivity contribution in [2.24, 2.45) is 0 Å². The molecule has 3 aromatic rings. The molecule has 26 heavy (non-hydrogen) atoms. The summed E-state index contributed by atoms with van der Waals surface area (Å²) in [6, 6.07) is 10.6. The van der Waals surface area contributed by atoms with Gasteiger partial charge in [-0.15, -0.1) is 22.0 Å². The van der Waals surface area contributed by atoms with E-state index >= 15 is 0 Å². The maximum atomic E-state index is 12.4. The van der Waals surface area contributed by atoms with E-state index in [0.717, 1.165) is 11.3 Å². The normalized spacial score (nSPS) is 11.8. The van der Waals surface area contributed by atoms with Gasteiger partial charge in [-0.05, 0) is 49.6 Å². The van der Waals surface area contributed by atoms with Gasteiger partial charge in [0.25, 0.3) is 5.89 Å². The molecule has 0 fully saturated rings. The summed E-state index contributed by atoms with van der Waals surface area (Å²) in [5.41, 5.74) is 1.15. The number of carbonyl (C=O) groups is 1. The second-order valence-electron chi connectivity index (χ2n) is 5.28. The fourth-order valence-electron chi connectivity index (χ4n) is 2.23. The number of ether oxygens (including phenoxy) is 2. The van der Waals surface area contributed by atoms with Crippen LogP contribution in [0.4, 0.5) is 0 Å². The Morgan fingerprint density at radius 1 is 1.19 bits per heavy atom. The van der Waals surface area contributed by atoms with Gasteiger partial charge in [0.05, 0.1) is 12.7 Å². The largest absolute Gasteiger partial charge is 0.497 e. The van der Waals surface area contributed by atoms with Crippen LogP contribution in [-0.2, 0) is 4.74 Å². The highest BCUT2D eigenvalue weighted by Gasteiger charge is 2.21. The number of rotatable bonds is 6. The lowest BCUT2D eigenvalue weighted by atomic mass is 10.2. The number of thioether (sulfide) groups is 1. The van der Waals surface area contributed by atoms with E-state index in [2.05, 4.69) is 15.2 Å². The first-order chi connectivity index (χ1) is 12.6. The Morgan fingerprint density at radius 3 is 2.65 bits per heavy atom. The van der Waals surface area contributed by atoms with Crippen molar-refractivity contribution in [1.82, 2.24) is 15.2 Å². The van der Waals surface area contributed by atoms with Gasteiger partial charge in [0.15, 0.2) is 6.10 Å². The van der Waals surface area contributed by atoms with E-state index in [4.69, 9.17) is 13.9 Å². The molecule has 0 saturated heterocycles. The number of hydrogen-bond donors (Lipinski definition) is 0. The molecule has 0 saturated carbocycles. The van der Waals surface area contributed by atoms with Crippen molar-refractivity contribution in [2.45, 2.75) is 18.1 Å². The van der Waals surface area contributed by atoms with Crippen LogP contribution in [0.15, 0.2) is 52.0 Å². The Kier molecular flexibility index (Phi) is 5.52. The Bertz CT molecular complexity index is 895. The smallest absolute Gasteiger partial charge is 0.341 e. The average Bonchev–Trinajstić information content (AvgIpc) is 3.18. The number of pyridine rings is 1. The zero-order valence-corrected chi connectivity index (χ0v) is 15.3. The number of hydrogen-bond acceptors (Lipinski definition) is 8. The van der Waals surface area contributed by atoms with Crippen LogP contribution in [-0.4, -0.2) is 34.5 Å². The zero-order valence-electron chi connectivity index (χ0n) is 14.5. The van der Waals surface area contributed by atoms with Crippen LogP contribution in [0.5, 0.6) is 5.75 Å². The molecule has 0 aliphatic carbocycles. The van der Waals surface area contributed by atoms with Crippen LogP contribution in [0, 0.1) is 0 Å². The van der Waals surface area contributed by atoms with Crippen LogP contribution in [0.25, 0.3) is 11.5 Å². The summed E-state index contributed by atoms with van der Waals surface area (Å²) in [6.45, 7) is 1.68. The fourth-order valence-corrected chi connectivity index (χ4v) is 2.77. The maximum absolute atomic E-state index is 12.4. The summed E-state index contributed by atoms with van der Waals surface area (Å²) in [6.07, 6.45) is 2.80. The molecule has 1 unspecified atom stereocenters. The van der Waals surface area contributed by atoms with Crippen molar-refractivity contribution in [2.75, 3.05) is 13.4 Å². The summed E-state index contributed by atoms with van der Waals surface area (Å²) in [5, 5.41) is 8.60. The topological polar surface area (TPSA) is 87.3 Å². The van der Waals surface area contributed by atoms with Gasteiger partial charge in [-0.2, -0.15) is 0 Å². The summed E-state index contributed by atoms with van der Waals surface area (Å²) >= 11 is 1.38. The maximum Gasteiger partial charge on any atom is 0.341 e. The van der Waals surface area contributed by atoms with E-state index in [1.165, 1.54) is 11.8 Å². The highest BCUT2D eigenvalue weighted by molar-refractivity contribution is 7.98. The first-order valence-electron chi connectivity index (χ1n) is 7.80. The zero-order chi connectivity index (χ0) is 18.5. The summed E-state index contributed by atoms with van der Waals surface area (Å²) in [5.74, 6) is 0.812. The molecule has 0 aliphatic rings. The Morgan fingerprint density at radius 2 is 1.96 bits per heavy atom. The minimum absolute atomic E-state index is 0.221. The van der Waals surface area contributed by atoms with Gasteiger partial charge in [-0.3, -0.25) is 0 Å². The molecule has 1 atom stereocenters. The van der Waals surface area contributed by atoms with E-state index in [0.29, 0.717) is 16.5 Å². The molecule has 0 spiro atoms. The minimum atomic E-state index is -0.683. The molecular weight excluding hydrogens is 354 g/mol. The van der Waals surface area contributed by atoms with E-state index in [1.54, 1.807) is 44.5 Å². The van der Waals surface area contributed by atoms with E-state index in [9.17, 15) is 4.79 Å². The van der Waals surface area contributed by atoms with Gasteiger partial charge in [0.2, 0.25) is 5.89 Å². The fraction of sp³-hybridized carbons (Fsp3) is 0.222. The molecule has 134 valence electrons. The third kappa shape index (κ3) is 3.85. The molecule has 2 aromatic heterocycles. The highest BCUT2D eigenvalue weighted by Crippen LogP contribution is 2.25. The van der Waals surface area contributed by atoms with Gasteiger partial charge in [0, 0.05) is 11.8 Å². The SMILES string of the molecule is COc1ccc(-c2nnc(C(C)OC(=O)c3cccnc3SC)o2)cc1. The number of carbonyl (C=O) groups excluding carboxylic acids is 1. The van der Waals surface area contributed by atoms with Crippen LogP contribution >= 0.6 is 11.8 Å². The number of nitrogens with zero attached hydrogens (tertiary/aromatic N) is 3. The molecule has 0 aliphatic heterocycles. The molecule has 0 N–H and O–H groups in total. The second kappa shape index (κ2) is 8.01. The standard InChI is InChI=1S/C18H17N3O4S/c1-11(24-18(22)14-5-4-10-19-17(14)26-3)15-20-21-16(25-15)12-6-8-13(23-2)9-7-12/h4-11H,1-3H3. The quantitative estimate of drug-likeness (QED) is 0.478. The van der Waals surface area contributed by atoms with Crippen LogP contribution in [0.1, 0.15) is 29.3 Å². The van der Waals surface area contributed by atoms with Gasteiger partial charge in [-0.1, -0.05) is 0 Å². The summed E-state index contributed by atoms with van der Waals surface area (Å²) in [4.78, 5) is 16.5. The first kappa shape index (κ1) is 17.9. The average molecular weight is 371 g/mol. The number of benzene rings is 1. The van der Waals surface area contributed by atoms with E-state index in [1.807, 2.05) is 18.4 Å². The first-order valence-corrected chi connectivity index (χ1v) is 9.02. The van der Waals surface area contributed by atoms with Crippen molar-refractivity contribution >= 4 is 17.7 Å². The molecule has 1 aromatic carbocycles. The molecule has 7 nitrogen and oxygen atoms in total. The molecule has 0 bridgehead atoms. The van der Waals surface area contributed by atoms with Crippen molar-refractivity contribution < 1.29 is 18.7 Å². The molecule has 8 heteroatoms. The number of esters is 1. The van der Waals surface area contributed by atoms with Crippen LogP contribution in [0.2, 0.25) is 0 Å². The van der Waals surface area contributed by atoms with Crippen molar-refractivity contribution in [3.63, 3.8) is 0 Å². The third-order valence-electron chi connectivity index (χ3n) is 3.59. The minimum Gasteiger partial charge on any atom is -0.497 e. The van der Waals surface area contributed by atoms with E-state index < -0.39 is 12.1 Å². The van der Waals surface area contributed by atoms with Crippen molar-refractivity contribution in [3.05, 3.63) is 54.0 Å². The molecule has 0 radical (unpaired) electrons. The Hall–Kier alpha value is -2.87. The number of methoxy groups -OCH3 is 1. The van der Waals surface area contributed by atoms with Gasteiger partial charge < -0.3 is 13.9 Å². The molecule has 0 amide bonds. The lowest BCUT2D eigenvalue weighted by molar-refractivity contribution is 0.0275. The lowest BCUT2D eigenvalue weighted by Crippen LogP contribution is -2.11. The summed E-state index contributed by atoms with van der Waals surface area (Å²) < 4.78 is 16.2. The van der Waals surface area contributed by atoms with Crippen LogP contribution < -0.4 is 4.74 Å². The third-order valence-corrected chi connectivity index (χ3v) is 4.31. The van der Waals surface area contributed by atoms with E-state index in [-0.39, 0.29) is 5.89 Å². The molecule has 3 rings (SSSR count). The van der Waals surface area contributed by atoms with Crippen LogP contribution in [0.3, 0.4) is 0 Å². The molecule has 2 heterocycles. The van der Waals surface area contributed by atoms with Crippen molar-refractivity contribution in [3.8, 4) is 17.2 Å². The molecular formula is C18H17N3O4S. The Balaban J connectivity index is 1.73. The second-order valence-corrected chi connectivity index (χ2v) is 6.08.